The van der Waals surface area contributed by atoms with Crippen LogP contribution in [0.1, 0.15) is 11.6 Å². The van der Waals surface area contributed by atoms with Gasteiger partial charge in [0.15, 0.2) is 5.16 Å². The highest BCUT2D eigenvalue weighted by Crippen LogP contribution is 2.23. The van der Waals surface area contributed by atoms with Crippen molar-refractivity contribution in [1.29, 1.82) is 0 Å². The summed E-state index contributed by atoms with van der Waals surface area (Å²) in [5.41, 5.74) is 8.82. The van der Waals surface area contributed by atoms with E-state index in [-0.39, 0.29) is 11.9 Å². The molecule has 0 spiro atoms. The number of nitrogens with one attached hydrogen (secondary N) is 1. The SMILES string of the molecule is NC(CSc1nc2ccccc2[nH]1)c1cccc(F)c1. The van der Waals surface area contributed by atoms with E-state index in [2.05, 4.69) is 9.97 Å². The largest absolute Gasteiger partial charge is 0.333 e. The van der Waals surface area contributed by atoms with Gasteiger partial charge in [-0.1, -0.05) is 36.0 Å². The molecular weight excluding hydrogens is 273 g/mol. The fourth-order valence-corrected chi connectivity index (χ4v) is 2.87. The predicted molar refractivity (Wildman–Crippen MR) is 80.1 cm³/mol. The maximum atomic E-state index is 13.1. The molecule has 3 N–H and O–H groups in total. The van der Waals surface area contributed by atoms with E-state index in [4.69, 9.17) is 5.73 Å². The number of aromatic amines is 1. The molecule has 0 aliphatic rings. The van der Waals surface area contributed by atoms with Crippen LogP contribution in [-0.4, -0.2) is 15.7 Å². The van der Waals surface area contributed by atoms with Gasteiger partial charge in [-0.25, -0.2) is 9.37 Å². The molecule has 1 heterocycles. The van der Waals surface area contributed by atoms with Crippen LogP contribution in [0, 0.1) is 5.82 Å². The molecular formula is C15H14FN3S. The van der Waals surface area contributed by atoms with E-state index in [1.54, 1.807) is 17.8 Å². The number of benzene rings is 2. The van der Waals surface area contributed by atoms with Crippen LogP contribution >= 0.6 is 11.8 Å². The molecule has 1 atom stereocenters. The number of thioether (sulfide) groups is 1. The van der Waals surface area contributed by atoms with E-state index in [0.29, 0.717) is 5.75 Å². The van der Waals surface area contributed by atoms with Gasteiger partial charge in [-0.05, 0) is 29.8 Å². The Kier molecular flexibility index (Phi) is 3.71. The minimum atomic E-state index is -0.258. The van der Waals surface area contributed by atoms with Crippen LogP contribution < -0.4 is 5.73 Å². The molecule has 0 radical (unpaired) electrons. The summed E-state index contributed by atoms with van der Waals surface area (Å²) in [4.78, 5) is 7.71. The van der Waals surface area contributed by atoms with E-state index in [0.717, 1.165) is 21.8 Å². The average Bonchev–Trinajstić information content (AvgIpc) is 2.87. The summed E-state index contributed by atoms with van der Waals surface area (Å²) in [6, 6.07) is 14.1. The molecule has 0 saturated carbocycles. The van der Waals surface area contributed by atoms with Crippen molar-refractivity contribution < 1.29 is 4.39 Å². The quantitative estimate of drug-likeness (QED) is 0.722. The lowest BCUT2D eigenvalue weighted by Gasteiger charge is -2.10. The van der Waals surface area contributed by atoms with Crippen molar-refractivity contribution in [3.8, 4) is 0 Å². The van der Waals surface area contributed by atoms with E-state index in [1.807, 2.05) is 30.3 Å². The third kappa shape index (κ3) is 2.84. The first-order valence-electron chi connectivity index (χ1n) is 6.31. The summed E-state index contributed by atoms with van der Waals surface area (Å²) >= 11 is 1.54. The Morgan fingerprint density at radius 3 is 2.85 bits per heavy atom. The molecule has 0 aliphatic carbocycles. The zero-order valence-electron chi connectivity index (χ0n) is 10.7. The predicted octanol–water partition coefficient (Wildman–Crippen LogP) is 3.49. The molecule has 5 heteroatoms. The van der Waals surface area contributed by atoms with Gasteiger partial charge in [0.2, 0.25) is 0 Å². The second-order valence-corrected chi connectivity index (χ2v) is 5.54. The molecule has 0 saturated heterocycles. The zero-order chi connectivity index (χ0) is 13.9. The van der Waals surface area contributed by atoms with Crippen LogP contribution in [0.4, 0.5) is 4.39 Å². The molecule has 0 amide bonds. The second kappa shape index (κ2) is 5.64. The number of rotatable bonds is 4. The number of nitrogens with zero attached hydrogens (tertiary/aromatic N) is 1. The molecule has 102 valence electrons. The normalized spacial score (nSPS) is 12.7. The lowest BCUT2D eigenvalue weighted by atomic mass is 10.1. The first-order chi connectivity index (χ1) is 9.72. The van der Waals surface area contributed by atoms with Crippen LogP contribution in [-0.2, 0) is 0 Å². The Bertz CT molecular complexity index is 693. The van der Waals surface area contributed by atoms with Crippen molar-refractivity contribution in [3.05, 3.63) is 59.9 Å². The zero-order valence-corrected chi connectivity index (χ0v) is 11.5. The van der Waals surface area contributed by atoms with Gasteiger partial charge < -0.3 is 10.7 Å². The molecule has 3 aromatic rings. The van der Waals surface area contributed by atoms with Gasteiger partial charge >= 0.3 is 0 Å². The summed E-state index contributed by atoms with van der Waals surface area (Å²) in [5, 5.41) is 0.832. The summed E-state index contributed by atoms with van der Waals surface area (Å²) in [7, 11) is 0. The molecule has 20 heavy (non-hydrogen) atoms. The Morgan fingerprint density at radius 1 is 1.20 bits per heavy atom. The molecule has 0 bridgehead atoms. The Balaban J connectivity index is 1.69. The lowest BCUT2D eigenvalue weighted by Crippen LogP contribution is -2.13. The molecule has 3 rings (SSSR count). The van der Waals surface area contributed by atoms with Crippen LogP contribution in [0.5, 0.6) is 0 Å². The highest BCUT2D eigenvalue weighted by Gasteiger charge is 2.09. The number of fused-ring (bicyclic) bond motifs is 1. The van der Waals surface area contributed by atoms with E-state index in [9.17, 15) is 4.39 Å². The number of aromatic nitrogens is 2. The number of nitrogens with two attached hydrogens (primary N) is 1. The van der Waals surface area contributed by atoms with Crippen molar-refractivity contribution in [2.24, 2.45) is 5.73 Å². The van der Waals surface area contributed by atoms with Gasteiger partial charge in [0.25, 0.3) is 0 Å². The number of H-pyrrole nitrogens is 1. The Labute approximate surface area is 120 Å². The summed E-state index contributed by atoms with van der Waals surface area (Å²) in [5.74, 6) is 0.384. The lowest BCUT2D eigenvalue weighted by molar-refractivity contribution is 0.622. The van der Waals surface area contributed by atoms with Crippen molar-refractivity contribution >= 4 is 22.8 Å². The maximum Gasteiger partial charge on any atom is 0.166 e. The topological polar surface area (TPSA) is 54.7 Å². The average molecular weight is 287 g/mol. The molecule has 3 nitrogen and oxygen atoms in total. The first-order valence-corrected chi connectivity index (χ1v) is 7.29. The Morgan fingerprint density at radius 2 is 2.05 bits per heavy atom. The molecule has 1 aromatic heterocycles. The van der Waals surface area contributed by atoms with Crippen LogP contribution in [0.15, 0.2) is 53.7 Å². The Hall–Kier alpha value is -1.85. The third-order valence-electron chi connectivity index (χ3n) is 3.04. The summed E-state index contributed by atoms with van der Waals surface area (Å²) in [6.07, 6.45) is 0. The minimum absolute atomic E-state index is 0.219. The van der Waals surface area contributed by atoms with E-state index < -0.39 is 0 Å². The highest BCUT2D eigenvalue weighted by atomic mass is 32.2. The number of hydrogen-bond donors (Lipinski definition) is 2. The molecule has 2 aromatic carbocycles. The van der Waals surface area contributed by atoms with Crippen molar-refractivity contribution in [2.45, 2.75) is 11.2 Å². The van der Waals surface area contributed by atoms with Crippen LogP contribution in [0.3, 0.4) is 0 Å². The van der Waals surface area contributed by atoms with Gasteiger partial charge in [0.1, 0.15) is 5.82 Å². The summed E-state index contributed by atoms with van der Waals surface area (Å²) in [6.45, 7) is 0. The van der Waals surface area contributed by atoms with Crippen molar-refractivity contribution in [3.63, 3.8) is 0 Å². The number of hydrogen-bond acceptors (Lipinski definition) is 3. The monoisotopic (exact) mass is 287 g/mol. The standard InChI is InChI=1S/C15H14FN3S/c16-11-5-3-4-10(8-11)12(17)9-20-15-18-13-6-1-2-7-14(13)19-15/h1-8,12H,9,17H2,(H,18,19). The number of halogens is 1. The fourth-order valence-electron chi connectivity index (χ4n) is 2.00. The van der Waals surface area contributed by atoms with Gasteiger partial charge in [-0.2, -0.15) is 0 Å². The van der Waals surface area contributed by atoms with Crippen LogP contribution in [0.2, 0.25) is 0 Å². The van der Waals surface area contributed by atoms with Gasteiger partial charge in [0.05, 0.1) is 11.0 Å². The second-order valence-electron chi connectivity index (χ2n) is 4.53. The summed E-state index contributed by atoms with van der Waals surface area (Å²) < 4.78 is 13.1. The smallest absolute Gasteiger partial charge is 0.166 e. The van der Waals surface area contributed by atoms with Gasteiger partial charge in [0, 0.05) is 11.8 Å². The van der Waals surface area contributed by atoms with E-state index >= 15 is 0 Å². The van der Waals surface area contributed by atoms with Crippen molar-refractivity contribution in [2.75, 3.05) is 5.75 Å². The maximum absolute atomic E-state index is 13.1. The number of para-hydroxylation sites is 2. The minimum Gasteiger partial charge on any atom is -0.333 e. The van der Waals surface area contributed by atoms with Gasteiger partial charge in [-0.3, -0.25) is 0 Å². The van der Waals surface area contributed by atoms with Gasteiger partial charge in [-0.15, -0.1) is 0 Å². The third-order valence-corrected chi connectivity index (χ3v) is 4.04. The highest BCUT2D eigenvalue weighted by molar-refractivity contribution is 7.99. The molecule has 0 aliphatic heterocycles. The fraction of sp³-hybridized carbons (Fsp3) is 0.133. The van der Waals surface area contributed by atoms with Crippen molar-refractivity contribution in [1.82, 2.24) is 9.97 Å². The number of imidazole rings is 1. The molecule has 0 fully saturated rings. The van der Waals surface area contributed by atoms with E-state index in [1.165, 1.54) is 12.1 Å². The van der Waals surface area contributed by atoms with Crippen LogP contribution in [0.25, 0.3) is 11.0 Å². The first kappa shape index (κ1) is 13.1. The molecule has 1 unspecified atom stereocenters.